The van der Waals surface area contributed by atoms with E-state index in [0.717, 1.165) is 5.39 Å². The molecule has 118 valence electrons. The van der Waals surface area contributed by atoms with E-state index in [0.29, 0.717) is 16.8 Å². The number of halogens is 1. The van der Waals surface area contributed by atoms with Crippen LogP contribution in [-0.2, 0) is 4.79 Å². The number of fused-ring (bicyclic) bond motifs is 1. The Morgan fingerprint density at radius 3 is 2.61 bits per heavy atom. The molecular formula is C18H17ClN2O2. The van der Waals surface area contributed by atoms with E-state index in [1.165, 1.54) is 6.08 Å². The normalized spacial score (nSPS) is 12.1. The van der Waals surface area contributed by atoms with E-state index in [2.05, 4.69) is 4.98 Å². The first kappa shape index (κ1) is 17.0. The van der Waals surface area contributed by atoms with Crippen LogP contribution in [-0.4, -0.2) is 17.9 Å². The van der Waals surface area contributed by atoms with Gasteiger partial charge in [0.1, 0.15) is 17.0 Å². The van der Waals surface area contributed by atoms with Gasteiger partial charge in [0, 0.05) is 16.4 Å². The molecule has 0 N–H and O–H groups in total. The summed E-state index contributed by atoms with van der Waals surface area (Å²) in [4.78, 5) is 16.6. The van der Waals surface area contributed by atoms with E-state index in [-0.39, 0.29) is 16.5 Å². The SMILES string of the molecule is COc1ccc2nc(Cl)c(/C=C(\C#N)C(=O)C(C)(C)C)cc2c1. The van der Waals surface area contributed by atoms with Gasteiger partial charge in [0.05, 0.1) is 18.2 Å². The molecular weight excluding hydrogens is 312 g/mol. The third kappa shape index (κ3) is 3.69. The van der Waals surface area contributed by atoms with Crippen molar-refractivity contribution < 1.29 is 9.53 Å². The Bertz CT molecular complexity index is 842. The zero-order chi connectivity index (χ0) is 17.2. The number of methoxy groups -OCH3 is 1. The van der Waals surface area contributed by atoms with Crippen molar-refractivity contribution in [2.45, 2.75) is 20.8 Å². The van der Waals surface area contributed by atoms with Crippen LogP contribution < -0.4 is 4.74 Å². The molecule has 0 aliphatic rings. The molecule has 0 aliphatic carbocycles. The molecule has 0 bridgehead atoms. The molecule has 0 aliphatic heterocycles. The van der Waals surface area contributed by atoms with Crippen LogP contribution in [0.4, 0.5) is 0 Å². The predicted octanol–water partition coefficient (Wildman–Crippen LogP) is 4.42. The quantitative estimate of drug-likeness (QED) is 0.475. The van der Waals surface area contributed by atoms with Gasteiger partial charge in [-0.3, -0.25) is 4.79 Å². The smallest absolute Gasteiger partial charge is 0.178 e. The summed E-state index contributed by atoms with van der Waals surface area (Å²) in [6.45, 7) is 5.31. The molecule has 0 amide bonds. The first-order valence-electron chi connectivity index (χ1n) is 7.07. The van der Waals surface area contributed by atoms with Crippen LogP contribution in [0, 0.1) is 16.7 Å². The molecule has 23 heavy (non-hydrogen) atoms. The topological polar surface area (TPSA) is 63.0 Å². The van der Waals surface area contributed by atoms with Gasteiger partial charge in [0.2, 0.25) is 0 Å². The molecule has 5 heteroatoms. The Morgan fingerprint density at radius 1 is 1.35 bits per heavy atom. The number of rotatable bonds is 3. The van der Waals surface area contributed by atoms with Gasteiger partial charge < -0.3 is 4.74 Å². The third-order valence-electron chi connectivity index (χ3n) is 3.35. The van der Waals surface area contributed by atoms with Crippen LogP contribution in [0.25, 0.3) is 17.0 Å². The number of ketones is 1. The molecule has 1 aromatic heterocycles. The van der Waals surface area contributed by atoms with Crippen LogP contribution in [0.2, 0.25) is 5.15 Å². The lowest BCUT2D eigenvalue weighted by Crippen LogP contribution is -2.21. The van der Waals surface area contributed by atoms with Crippen molar-refractivity contribution in [3.8, 4) is 11.8 Å². The van der Waals surface area contributed by atoms with Crippen LogP contribution in [0.15, 0.2) is 29.8 Å². The number of nitriles is 1. The molecule has 1 aromatic carbocycles. The Kier molecular flexibility index (Phi) is 4.72. The summed E-state index contributed by atoms with van der Waals surface area (Å²) < 4.78 is 5.19. The van der Waals surface area contributed by atoms with Crippen molar-refractivity contribution in [3.05, 3.63) is 40.6 Å². The highest BCUT2D eigenvalue weighted by atomic mass is 35.5. The van der Waals surface area contributed by atoms with Crippen molar-refractivity contribution in [2.24, 2.45) is 5.41 Å². The maximum Gasteiger partial charge on any atom is 0.178 e. The monoisotopic (exact) mass is 328 g/mol. The number of Topliss-reactive ketones (excluding diaryl/α,β-unsaturated/α-hetero) is 1. The summed E-state index contributed by atoms with van der Waals surface area (Å²) in [7, 11) is 1.58. The number of benzene rings is 1. The van der Waals surface area contributed by atoms with E-state index in [4.69, 9.17) is 16.3 Å². The van der Waals surface area contributed by atoms with E-state index >= 15 is 0 Å². The van der Waals surface area contributed by atoms with Crippen molar-refractivity contribution in [1.29, 1.82) is 5.26 Å². The lowest BCUT2D eigenvalue weighted by Gasteiger charge is -2.15. The zero-order valence-corrected chi connectivity index (χ0v) is 14.2. The molecule has 0 spiro atoms. The Morgan fingerprint density at radius 2 is 2.04 bits per heavy atom. The van der Waals surface area contributed by atoms with Crippen LogP contribution >= 0.6 is 11.6 Å². The Labute approximate surface area is 140 Å². The fraction of sp³-hybridized carbons (Fsp3) is 0.278. The molecule has 1 heterocycles. The molecule has 0 saturated heterocycles. The minimum absolute atomic E-state index is 0.0587. The van der Waals surface area contributed by atoms with Gasteiger partial charge in [-0.2, -0.15) is 5.26 Å². The predicted molar refractivity (Wildman–Crippen MR) is 91.4 cm³/mol. The lowest BCUT2D eigenvalue weighted by molar-refractivity contribution is -0.121. The van der Waals surface area contributed by atoms with E-state index in [1.807, 2.05) is 12.1 Å². The summed E-state index contributed by atoms with van der Waals surface area (Å²) in [5.74, 6) is 0.463. The molecule has 0 atom stereocenters. The highest BCUT2D eigenvalue weighted by molar-refractivity contribution is 6.31. The molecule has 4 nitrogen and oxygen atoms in total. The third-order valence-corrected chi connectivity index (χ3v) is 3.65. The summed E-state index contributed by atoms with van der Waals surface area (Å²) >= 11 is 6.19. The number of hydrogen-bond donors (Lipinski definition) is 0. The largest absolute Gasteiger partial charge is 0.497 e. The number of pyridine rings is 1. The summed E-state index contributed by atoms with van der Waals surface area (Å²) in [6.07, 6.45) is 1.49. The number of aromatic nitrogens is 1. The molecule has 0 fully saturated rings. The van der Waals surface area contributed by atoms with Crippen molar-refractivity contribution in [2.75, 3.05) is 7.11 Å². The van der Waals surface area contributed by atoms with Crippen molar-refractivity contribution in [3.63, 3.8) is 0 Å². The van der Waals surface area contributed by atoms with Crippen LogP contribution in [0.5, 0.6) is 5.75 Å². The maximum absolute atomic E-state index is 12.3. The van der Waals surface area contributed by atoms with Gasteiger partial charge in [-0.1, -0.05) is 32.4 Å². The highest BCUT2D eigenvalue weighted by Gasteiger charge is 2.25. The van der Waals surface area contributed by atoms with Gasteiger partial charge >= 0.3 is 0 Å². The van der Waals surface area contributed by atoms with Crippen LogP contribution in [0.1, 0.15) is 26.3 Å². The maximum atomic E-state index is 12.3. The van der Waals surface area contributed by atoms with Crippen molar-refractivity contribution >= 4 is 34.4 Å². The zero-order valence-electron chi connectivity index (χ0n) is 13.5. The summed E-state index contributed by atoms with van der Waals surface area (Å²) in [6, 6.07) is 9.18. The van der Waals surface area contributed by atoms with Gasteiger partial charge in [-0.25, -0.2) is 4.98 Å². The second kappa shape index (κ2) is 6.39. The first-order chi connectivity index (χ1) is 10.8. The van der Waals surface area contributed by atoms with E-state index in [1.54, 1.807) is 46.1 Å². The second-order valence-electron chi connectivity index (χ2n) is 6.18. The molecule has 2 rings (SSSR count). The average Bonchev–Trinajstić information content (AvgIpc) is 2.50. The van der Waals surface area contributed by atoms with E-state index < -0.39 is 5.41 Å². The van der Waals surface area contributed by atoms with Gasteiger partial charge in [-0.05, 0) is 30.3 Å². The summed E-state index contributed by atoms with van der Waals surface area (Å²) in [5.41, 5.74) is 0.667. The van der Waals surface area contributed by atoms with Gasteiger partial charge in [-0.15, -0.1) is 0 Å². The summed E-state index contributed by atoms with van der Waals surface area (Å²) in [5, 5.41) is 10.4. The Balaban J connectivity index is 2.58. The van der Waals surface area contributed by atoms with Crippen molar-refractivity contribution in [1.82, 2.24) is 4.98 Å². The fourth-order valence-electron chi connectivity index (χ4n) is 2.08. The fourth-order valence-corrected chi connectivity index (χ4v) is 2.28. The number of carbonyl (C=O) groups is 1. The molecule has 0 saturated carbocycles. The molecule has 0 unspecified atom stereocenters. The average molecular weight is 329 g/mol. The number of nitrogens with zero attached hydrogens (tertiary/aromatic N) is 2. The standard InChI is InChI=1S/C18H17ClN2O2/c1-18(2,3)16(22)13(10-20)8-12-7-11-9-14(23-4)5-6-15(11)21-17(12)19/h5-9H,1-4H3/b13-8+. The van der Waals surface area contributed by atoms with Gasteiger partial charge in [0.15, 0.2) is 5.78 Å². The number of allylic oxidation sites excluding steroid dienone is 1. The lowest BCUT2D eigenvalue weighted by atomic mass is 9.86. The van der Waals surface area contributed by atoms with Gasteiger partial charge in [0.25, 0.3) is 0 Å². The molecule has 2 aromatic rings. The number of carbonyl (C=O) groups excluding carboxylic acids is 1. The highest BCUT2D eigenvalue weighted by Crippen LogP contribution is 2.27. The Hall–Kier alpha value is -2.38. The van der Waals surface area contributed by atoms with Crippen LogP contribution in [0.3, 0.4) is 0 Å². The minimum Gasteiger partial charge on any atom is -0.497 e. The first-order valence-corrected chi connectivity index (χ1v) is 7.45. The molecule has 0 radical (unpaired) electrons. The second-order valence-corrected chi connectivity index (χ2v) is 6.53. The van der Waals surface area contributed by atoms with E-state index in [9.17, 15) is 10.1 Å². The minimum atomic E-state index is -0.637. The number of ether oxygens (including phenoxy) is 1. The number of hydrogen-bond acceptors (Lipinski definition) is 4.